The molecule has 8 nitrogen and oxygen atoms in total. The van der Waals surface area contributed by atoms with Crippen LogP contribution in [0.3, 0.4) is 0 Å². The number of anilines is 1. The summed E-state index contributed by atoms with van der Waals surface area (Å²) < 4.78 is 5.15. The van der Waals surface area contributed by atoms with Gasteiger partial charge in [-0.1, -0.05) is 0 Å². The Labute approximate surface area is 108 Å². The fourth-order valence-corrected chi connectivity index (χ4v) is 1.78. The van der Waals surface area contributed by atoms with Gasteiger partial charge in [0.15, 0.2) is 6.23 Å². The molecule has 0 bridgehead atoms. The van der Waals surface area contributed by atoms with Crippen molar-refractivity contribution in [1.82, 2.24) is 0 Å². The summed E-state index contributed by atoms with van der Waals surface area (Å²) in [4.78, 5) is 9.97. The van der Waals surface area contributed by atoms with Crippen molar-refractivity contribution in [3.63, 3.8) is 0 Å². The van der Waals surface area contributed by atoms with Crippen molar-refractivity contribution in [3.8, 4) is 0 Å². The van der Waals surface area contributed by atoms with Crippen LogP contribution in [0, 0.1) is 10.1 Å². The first-order valence-corrected chi connectivity index (χ1v) is 5.66. The number of nitro groups is 1. The molecule has 0 radical (unpaired) electrons. The van der Waals surface area contributed by atoms with Crippen LogP contribution in [-0.4, -0.2) is 51.4 Å². The summed E-state index contributed by atoms with van der Waals surface area (Å²) in [5.74, 6) is 0. The molecule has 104 valence electrons. The molecule has 1 aliphatic rings. The van der Waals surface area contributed by atoms with E-state index < -0.39 is 29.5 Å². The van der Waals surface area contributed by atoms with Gasteiger partial charge in [0.2, 0.25) is 0 Å². The van der Waals surface area contributed by atoms with Crippen molar-refractivity contribution in [2.75, 3.05) is 11.9 Å². The molecular formula is C11H14N2O6. The molecule has 1 saturated heterocycles. The summed E-state index contributed by atoms with van der Waals surface area (Å²) in [6.07, 6.45) is -4.62. The second-order valence-electron chi connectivity index (χ2n) is 4.25. The number of ether oxygens (including phenoxy) is 1. The summed E-state index contributed by atoms with van der Waals surface area (Å²) in [6.45, 7) is -0.108. The maximum absolute atomic E-state index is 10.5. The van der Waals surface area contributed by atoms with Crippen LogP contribution in [-0.2, 0) is 4.74 Å². The van der Waals surface area contributed by atoms with Crippen molar-refractivity contribution in [1.29, 1.82) is 0 Å². The summed E-state index contributed by atoms with van der Waals surface area (Å²) in [5.41, 5.74) is 0.448. The molecule has 1 aromatic rings. The molecule has 0 unspecified atom stereocenters. The van der Waals surface area contributed by atoms with Crippen molar-refractivity contribution in [2.45, 2.75) is 24.5 Å². The Balaban J connectivity index is 2.03. The van der Waals surface area contributed by atoms with E-state index >= 15 is 0 Å². The lowest BCUT2D eigenvalue weighted by atomic mass is 10.0. The third-order valence-corrected chi connectivity index (χ3v) is 2.89. The van der Waals surface area contributed by atoms with Crippen LogP contribution in [0.2, 0.25) is 0 Å². The first-order chi connectivity index (χ1) is 8.99. The van der Waals surface area contributed by atoms with Gasteiger partial charge in [0.25, 0.3) is 5.69 Å². The van der Waals surface area contributed by atoms with Crippen LogP contribution in [0.15, 0.2) is 24.3 Å². The molecule has 1 fully saturated rings. The maximum Gasteiger partial charge on any atom is 0.269 e. The standard InChI is InChI=1S/C11H14N2O6/c14-8-5-19-11(10(16)9(8)15)12-6-1-3-7(4-2-6)13(17)18/h1-4,8-12,14-16H,5H2/t8-,9-,10-,11-/m1/s1. The smallest absolute Gasteiger partial charge is 0.269 e. The number of hydrogen-bond acceptors (Lipinski definition) is 7. The summed E-state index contributed by atoms with van der Waals surface area (Å²) >= 11 is 0. The number of benzene rings is 1. The molecule has 0 amide bonds. The Morgan fingerprint density at radius 2 is 1.84 bits per heavy atom. The third-order valence-electron chi connectivity index (χ3n) is 2.89. The minimum absolute atomic E-state index is 0.0499. The molecule has 0 saturated carbocycles. The van der Waals surface area contributed by atoms with E-state index in [0.29, 0.717) is 5.69 Å². The van der Waals surface area contributed by atoms with E-state index in [2.05, 4.69) is 5.32 Å². The molecule has 1 heterocycles. The van der Waals surface area contributed by atoms with E-state index in [0.717, 1.165) is 0 Å². The Kier molecular flexibility index (Phi) is 3.96. The lowest BCUT2D eigenvalue weighted by Crippen LogP contribution is -2.55. The van der Waals surface area contributed by atoms with E-state index in [1.165, 1.54) is 24.3 Å². The second-order valence-corrected chi connectivity index (χ2v) is 4.25. The number of nitrogens with one attached hydrogen (secondary N) is 1. The molecular weight excluding hydrogens is 256 g/mol. The SMILES string of the molecule is O=[N+]([O-])c1ccc(N[C@@H]2OC[C@@H](O)[C@@H](O)[C@H]2O)cc1. The normalized spacial score (nSPS) is 30.9. The number of nitro benzene ring substituents is 1. The highest BCUT2D eigenvalue weighted by atomic mass is 16.6. The Bertz CT molecular complexity index is 451. The van der Waals surface area contributed by atoms with Gasteiger partial charge in [-0.2, -0.15) is 0 Å². The molecule has 0 aliphatic carbocycles. The average Bonchev–Trinajstić information content (AvgIpc) is 2.40. The number of rotatable bonds is 3. The van der Waals surface area contributed by atoms with E-state index in [4.69, 9.17) is 4.74 Å². The van der Waals surface area contributed by atoms with Crippen LogP contribution in [0.4, 0.5) is 11.4 Å². The van der Waals surface area contributed by atoms with Gasteiger partial charge in [-0.05, 0) is 12.1 Å². The number of hydrogen-bond donors (Lipinski definition) is 4. The number of aliphatic hydroxyl groups is 3. The van der Waals surface area contributed by atoms with E-state index in [1.807, 2.05) is 0 Å². The zero-order valence-corrected chi connectivity index (χ0v) is 9.84. The van der Waals surface area contributed by atoms with Crippen molar-refractivity contribution < 1.29 is 25.0 Å². The van der Waals surface area contributed by atoms with Crippen LogP contribution in [0.5, 0.6) is 0 Å². The molecule has 0 spiro atoms. The number of nitrogens with zero attached hydrogens (tertiary/aromatic N) is 1. The predicted molar refractivity (Wildman–Crippen MR) is 64.5 cm³/mol. The van der Waals surface area contributed by atoms with Crippen molar-refractivity contribution in [2.24, 2.45) is 0 Å². The lowest BCUT2D eigenvalue weighted by molar-refractivity contribution is -0.384. The summed E-state index contributed by atoms with van der Waals surface area (Å²) in [6, 6.07) is 5.54. The van der Waals surface area contributed by atoms with Gasteiger partial charge in [-0.3, -0.25) is 10.1 Å². The lowest BCUT2D eigenvalue weighted by Gasteiger charge is -2.35. The van der Waals surface area contributed by atoms with Crippen LogP contribution < -0.4 is 5.32 Å². The van der Waals surface area contributed by atoms with Gasteiger partial charge in [0.1, 0.15) is 18.3 Å². The van der Waals surface area contributed by atoms with Crippen molar-refractivity contribution in [3.05, 3.63) is 34.4 Å². The number of aliphatic hydroxyl groups excluding tert-OH is 3. The Morgan fingerprint density at radius 1 is 1.21 bits per heavy atom. The third kappa shape index (κ3) is 2.99. The quantitative estimate of drug-likeness (QED) is 0.428. The minimum Gasteiger partial charge on any atom is -0.388 e. The highest BCUT2D eigenvalue weighted by Crippen LogP contribution is 2.20. The molecule has 8 heteroatoms. The molecule has 0 aromatic heterocycles. The molecule has 1 aromatic carbocycles. The molecule has 1 aliphatic heterocycles. The van der Waals surface area contributed by atoms with E-state index in [1.54, 1.807) is 0 Å². The van der Waals surface area contributed by atoms with Gasteiger partial charge in [-0.15, -0.1) is 0 Å². The average molecular weight is 270 g/mol. The zero-order valence-electron chi connectivity index (χ0n) is 9.84. The summed E-state index contributed by atoms with van der Waals surface area (Å²) in [5, 5.41) is 41.8. The van der Waals surface area contributed by atoms with Gasteiger partial charge in [0.05, 0.1) is 11.5 Å². The van der Waals surface area contributed by atoms with Crippen molar-refractivity contribution >= 4 is 11.4 Å². The highest BCUT2D eigenvalue weighted by molar-refractivity contribution is 5.49. The Morgan fingerprint density at radius 3 is 2.42 bits per heavy atom. The van der Waals surface area contributed by atoms with E-state index in [9.17, 15) is 25.4 Å². The predicted octanol–water partition coefficient (Wildman–Crippen LogP) is -0.554. The monoisotopic (exact) mass is 270 g/mol. The fourth-order valence-electron chi connectivity index (χ4n) is 1.78. The van der Waals surface area contributed by atoms with Gasteiger partial charge in [0, 0.05) is 17.8 Å². The summed E-state index contributed by atoms with van der Waals surface area (Å²) in [7, 11) is 0. The molecule has 4 N–H and O–H groups in total. The largest absolute Gasteiger partial charge is 0.388 e. The Hall–Kier alpha value is -1.74. The van der Waals surface area contributed by atoms with Crippen LogP contribution in [0.25, 0.3) is 0 Å². The maximum atomic E-state index is 10.5. The fraction of sp³-hybridized carbons (Fsp3) is 0.455. The highest BCUT2D eigenvalue weighted by Gasteiger charge is 2.37. The number of non-ortho nitro benzene ring substituents is 1. The molecule has 4 atom stereocenters. The van der Waals surface area contributed by atoms with Gasteiger partial charge >= 0.3 is 0 Å². The van der Waals surface area contributed by atoms with Crippen LogP contribution >= 0.6 is 0 Å². The first kappa shape index (κ1) is 13.7. The topological polar surface area (TPSA) is 125 Å². The van der Waals surface area contributed by atoms with Crippen LogP contribution in [0.1, 0.15) is 0 Å². The molecule has 2 rings (SSSR count). The first-order valence-electron chi connectivity index (χ1n) is 5.66. The second kappa shape index (κ2) is 5.49. The minimum atomic E-state index is -1.30. The zero-order chi connectivity index (χ0) is 14.0. The van der Waals surface area contributed by atoms with Gasteiger partial charge in [-0.25, -0.2) is 0 Å². The van der Waals surface area contributed by atoms with Gasteiger partial charge < -0.3 is 25.4 Å². The molecule has 19 heavy (non-hydrogen) atoms. The van der Waals surface area contributed by atoms with E-state index in [-0.39, 0.29) is 12.3 Å².